The molecule has 0 radical (unpaired) electrons. The zero-order chi connectivity index (χ0) is 4.83. The molecule has 0 aromatic rings. The zero-order valence-electron chi connectivity index (χ0n) is 4.48. The van der Waals surface area contributed by atoms with Crippen LogP contribution in [0.5, 0.6) is 0 Å². The van der Waals surface area contributed by atoms with E-state index in [0.717, 1.165) is 18.8 Å². The van der Waals surface area contributed by atoms with Crippen LogP contribution in [0.3, 0.4) is 0 Å². The Balaban J connectivity index is 0. The Bertz CT molecular complexity index is 21.7. The molecule has 0 spiro atoms. The van der Waals surface area contributed by atoms with Crippen LogP contribution in [0.4, 0.5) is 0 Å². The van der Waals surface area contributed by atoms with Gasteiger partial charge in [-0.2, -0.15) is 0 Å². The lowest BCUT2D eigenvalue weighted by Gasteiger charge is -1.85. The van der Waals surface area contributed by atoms with Gasteiger partial charge in [0.1, 0.15) is 0 Å². The molecule has 0 saturated carbocycles. The molecular weight excluding hydrogens is 133 g/mol. The van der Waals surface area contributed by atoms with Crippen molar-refractivity contribution in [2.45, 2.75) is 6.42 Å². The lowest BCUT2D eigenvalue weighted by molar-refractivity contribution is -0.626. The van der Waals surface area contributed by atoms with Crippen LogP contribution in [0.25, 0.3) is 0 Å². The quantitative estimate of drug-likeness (QED) is 0.432. The van der Waals surface area contributed by atoms with Crippen molar-refractivity contribution in [3.8, 4) is 0 Å². The Morgan fingerprint density at radius 1 is 1.57 bits per heavy atom. The first kappa shape index (κ1) is 10.5. The number of nitrogens with two attached hydrogens (primary N) is 1. The summed E-state index contributed by atoms with van der Waals surface area (Å²) < 4.78 is 0. The van der Waals surface area contributed by atoms with Gasteiger partial charge in [0.15, 0.2) is 0 Å². The highest BCUT2D eigenvalue weighted by Gasteiger charge is 1.78. The molecule has 0 bridgehead atoms. The molecule has 0 aliphatic rings. The van der Waals surface area contributed by atoms with Crippen LogP contribution in [0, 0.1) is 0 Å². The van der Waals surface area contributed by atoms with E-state index in [1.807, 2.05) is 7.05 Å². The normalized spacial score (nSPS) is 7.71. The van der Waals surface area contributed by atoms with E-state index < -0.39 is 0 Å². The summed E-state index contributed by atoms with van der Waals surface area (Å²) in [5.41, 5.74) is 0. The van der Waals surface area contributed by atoms with Crippen molar-refractivity contribution in [1.82, 2.24) is 0 Å². The minimum Gasteiger partial charge on any atom is -0.349 e. The van der Waals surface area contributed by atoms with Crippen molar-refractivity contribution in [2.24, 2.45) is 0 Å². The third-order valence-electron chi connectivity index (χ3n) is 0.626. The highest BCUT2D eigenvalue weighted by molar-refractivity contribution is 6.17. The van der Waals surface area contributed by atoms with E-state index in [-0.39, 0.29) is 12.4 Å². The lowest BCUT2D eigenvalue weighted by Crippen LogP contribution is -2.79. The van der Waals surface area contributed by atoms with E-state index >= 15 is 0 Å². The van der Waals surface area contributed by atoms with Gasteiger partial charge in [0.25, 0.3) is 0 Å². The third-order valence-corrected chi connectivity index (χ3v) is 0.894. The second kappa shape index (κ2) is 9.74. The average Bonchev–Trinajstić information content (AvgIpc) is 1.61. The summed E-state index contributed by atoms with van der Waals surface area (Å²) in [7, 11) is 2.05. The predicted octanol–water partition coefficient (Wildman–Crippen LogP) is 0.230. The first-order valence-electron chi connectivity index (χ1n) is 2.25. The van der Waals surface area contributed by atoms with Gasteiger partial charge in [0.2, 0.25) is 0 Å². The van der Waals surface area contributed by atoms with E-state index in [0.29, 0.717) is 0 Å². The van der Waals surface area contributed by atoms with Crippen LogP contribution >= 0.6 is 24.0 Å². The van der Waals surface area contributed by atoms with Crippen LogP contribution in [-0.4, -0.2) is 19.5 Å². The van der Waals surface area contributed by atoms with Gasteiger partial charge in [-0.15, -0.1) is 24.0 Å². The molecule has 3 heteroatoms. The highest BCUT2D eigenvalue weighted by Crippen LogP contribution is 1.75. The van der Waals surface area contributed by atoms with E-state index in [9.17, 15) is 0 Å². The number of quaternary nitrogens is 1. The molecule has 0 aliphatic carbocycles. The first-order chi connectivity index (χ1) is 2.91. The summed E-state index contributed by atoms with van der Waals surface area (Å²) in [5.74, 6) is 0.796. The van der Waals surface area contributed by atoms with Crippen LogP contribution in [0.2, 0.25) is 0 Å². The predicted molar refractivity (Wildman–Crippen MR) is 35.3 cm³/mol. The van der Waals surface area contributed by atoms with E-state index in [1.54, 1.807) is 0 Å². The first-order valence-corrected chi connectivity index (χ1v) is 2.79. The summed E-state index contributed by atoms with van der Waals surface area (Å²) in [6.07, 6.45) is 1.12. The van der Waals surface area contributed by atoms with Gasteiger partial charge in [0.05, 0.1) is 13.6 Å². The van der Waals surface area contributed by atoms with Crippen molar-refractivity contribution >= 4 is 24.0 Å². The minimum absolute atomic E-state index is 0. The molecule has 2 N–H and O–H groups in total. The largest absolute Gasteiger partial charge is 0.349 e. The number of hydrogen-bond donors (Lipinski definition) is 1. The fraction of sp³-hybridized carbons (Fsp3) is 1.00. The van der Waals surface area contributed by atoms with Gasteiger partial charge in [-0.05, 0) is 0 Å². The fourth-order valence-electron chi connectivity index (χ4n) is 0.281. The van der Waals surface area contributed by atoms with Crippen molar-refractivity contribution in [3.63, 3.8) is 0 Å². The zero-order valence-corrected chi connectivity index (χ0v) is 6.06. The highest BCUT2D eigenvalue weighted by atomic mass is 35.5. The summed E-state index contributed by atoms with van der Waals surface area (Å²) in [6, 6.07) is 0. The van der Waals surface area contributed by atoms with Gasteiger partial charge in [-0.3, -0.25) is 0 Å². The number of hydrogen-bond acceptors (Lipinski definition) is 0. The molecule has 0 aromatic heterocycles. The Morgan fingerprint density at radius 3 is 2.29 bits per heavy atom. The molecular formula is C4H12Cl2N+. The van der Waals surface area contributed by atoms with Gasteiger partial charge in [0, 0.05) is 12.3 Å². The second-order valence-corrected chi connectivity index (χ2v) is 1.62. The molecule has 7 heavy (non-hydrogen) atoms. The molecule has 0 saturated heterocycles. The molecule has 46 valence electrons. The van der Waals surface area contributed by atoms with E-state index in [2.05, 4.69) is 5.32 Å². The summed E-state index contributed by atoms with van der Waals surface area (Å²) in [6.45, 7) is 1.16. The Kier molecular flexibility index (Phi) is 14.6. The third kappa shape index (κ3) is 10.8. The fourth-order valence-corrected chi connectivity index (χ4v) is 0.436. The molecule has 0 aromatic carbocycles. The standard InChI is InChI=1S/C4H10ClN.ClH/c1-6-4-2-3-5;/h6H,2-4H2,1H3;1H/p+1. The lowest BCUT2D eigenvalue weighted by atomic mass is 10.5. The molecule has 0 rings (SSSR count). The maximum absolute atomic E-state index is 5.36. The monoisotopic (exact) mass is 144 g/mol. The van der Waals surface area contributed by atoms with Crippen LogP contribution in [0.15, 0.2) is 0 Å². The van der Waals surface area contributed by atoms with E-state index in [1.165, 1.54) is 0 Å². The summed E-state index contributed by atoms with van der Waals surface area (Å²) >= 11 is 5.36. The maximum atomic E-state index is 5.36. The second-order valence-electron chi connectivity index (χ2n) is 1.24. The Morgan fingerprint density at radius 2 is 2.14 bits per heavy atom. The van der Waals surface area contributed by atoms with Crippen molar-refractivity contribution < 1.29 is 5.32 Å². The van der Waals surface area contributed by atoms with Crippen LogP contribution < -0.4 is 5.32 Å². The Labute approximate surface area is 55.8 Å². The maximum Gasteiger partial charge on any atom is 0.0764 e. The topological polar surface area (TPSA) is 16.6 Å². The molecule has 0 aliphatic heterocycles. The SMILES string of the molecule is C[NH2+]CCCCl.Cl. The van der Waals surface area contributed by atoms with Gasteiger partial charge < -0.3 is 5.32 Å². The van der Waals surface area contributed by atoms with Crippen molar-refractivity contribution in [2.75, 3.05) is 19.5 Å². The van der Waals surface area contributed by atoms with Gasteiger partial charge >= 0.3 is 0 Å². The smallest absolute Gasteiger partial charge is 0.0764 e. The van der Waals surface area contributed by atoms with Gasteiger partial charge in [-0.1, -0.05) is 0 Å². The Hall–Kier alpha value is 0.540. The number of alkyl halides is 1. The summed E-state index contributed by atoms with van der Waals surface area (Å²) in [5, 5.41) is 2.13. The molecule has 0 atom stereocenters. The number of rotatable bonds is 3. The molecule has 0 unspecified atom stereocenters. The van der Waals surface area contributed by atoms with E-state index in [4.69, 9.17) is 11.6 Å². The summed E-state index contributed by atoms with van der Waals surface area (Å²) in [4.78, 5) is 0. The molecule has 0 amide bonds. The van der Waals surface area contributed by atoms with Crippen molar-refractivity contribution in [3.05, 3.63) is 0 Å². The minimum atomic E-state index is 0. The average molecular weight is 145 g/mol. The van der Waals surface area contributed by atoms with Crippen molar-refractivity contribution in [1.29, 1.82) is 0 Å². The number of halogens is 2. The molecule has 0 fully saturated rings. The van der Waals surface area contributed by atoms with Crippen LogP contribution in [0.1, 0.15) is 6.42 Å². The van der Waals surface area contributed by atoms with Gasteiger partial charge in [-0.25, -0.2) is 0 Å². The molecule has 0 heterocycles. The molecule has 1 nitrogen and oxygen atoms in total. The van der Waals surface area contributed by atoms with Crippen LogP contribution in [-0.2, 0) is 0 Å².